The van der Waals surface area contributed by atoms with Crippen molar-refractivity contribution in [2.45, 2.75) is 45.4 Å². The number of benzene rings is 2. The number of hydrogen-bond donors (Lipinski definition) is 2. The summed E-state index contributed by atoms with van der Waals surface area (Å²) in [6.07, 6.45) is 1.31. The lowest BCUT2D eigenvalue weighted by Gasteiger charge is -2.30. The molecule has 3 aromatic rings. The molecule has 1 aliphatic heterocycles. The molecule has 166 valence electrons. The van der Waals surface area contributed by atoms with Crippen molar-refractivity contribution in [2.24, 2.45) is 0 Å². The van der Waals surface area contributed by atoms with E-state index in [4.69, 9.17) is 4.74 Å². The molecular weight excluding hydrogens is 406 g/mol. The number of fused-ring (bicyclic) bond motifs is 1. The van der Waals surface area contributed by atoms with Crippen LogP contribution in [0.4, 0.5) is 5.69 Å². The number of rotatable bonds is 5. The Morgan fingerprint density at radius 3 is 2.75 bits per heavy atom. The van der Waals surface area contributed by atoms with Gasteiger partial charge in [0.15, 0.2) is 0 Å². The van der Waals surface area contributed by atoms with E-state index >= 15 is 0 Å². The summed E-state index contributed by atoms with van der Waals surface area (Å²) in [6.45, 7) is 3.90. The van der Waals surface area contributed by atoms with E-state index in [-0.39, 0.29) is 36.1 Å². The molecular formula is C25H27N3O4. The minimum absolute atomic E-state index is 0.0458. The lowest BCUT2D eigenvalue weighted by molar-refractivity contribution is -0.120. The normalized spacial score (nSPS) is 18.3. The van der Waals surface area contributed by atoms with Crippen molar-refractivity contribution in [1.29, 1.82) is 0 Å². The van der Waals surface area contributed by atoms with Gasteiger partial charge in [-0.25, -0.2) is 0 Å². The maximum absolute atomic E-state index is 12.8. The van der Waals surface area contributed by atoms with Crippen molar-refractivity contribution in [3.63, 3.8) is 0 Å². The predicted molar refractivity (Wildman–Crippen MR) is 124 cm³/mol. The summed E-state index contributed by atoms with van der Waals surface area (Å²) in [4.78, 5) is 36.7. The first-order valence-corrected chi connectivity index (χ1v) is 10.8. The summed E-state index contributed by atoms with van der Waals surface area (Å²) in [7, 11) is 0. The first-order chi connectivity index (χ1) is 15.4. The van der Waals surface area contributed by atoms with E-state index in [2.05, 4.69) is 10.6 Å². The first kappa shape index (κ1) is 21.8. The topological polar surface area (TPSA) is 89.4 Å². The summed E-state index contributed by atoms with van der Waals surface area (Å²) < 4.78 is 7.39. The van der Waals surface area contributed by atoms with Crippen LogP contribution in [-0.2, 0) is 20.9 Å². The summed E-state index contributed by atoms with van der Waals surface area (Å²) in [5, 5.41) is 6.80. The largest absolute Gasteiger partial charge is 0.373 e. The maximum Gasteiger partial charge on any atom is 0.251 e. The van der Waals surface area contributed by atoms with Crippen molar-refractivity contribution in [1.82, 2.24) is 9.88 Å². The Kier molecular flexibility index (Phi) is 6.37. The van der Waals surface area contributed by atoms with Crippen LogP contribution in [0, 0.1) is 6.92 Å². The van der Waals surface area contributed by atoms with Crippen molar-refractivity contribution >= 4 is 28.4 Å². The molecule has 2 aromatic carbocycles. The van der Waals surface area contributed by atoms with Gasteiger partial charge in [-0.1, -0.05) is 30.3 Å². The summed E-state index contributed by atoms with van der Waals surface area (Å²) >= 11 is 0. The van der Waals surface area contributed by atoms with Gasteiger partial charge in [0.2, 0.25) is 11.8 Å². The highest BCUT2D eigenvalue weighted by Crippen LogP contribution is 2.29. The number of carbonyl (C=O) groups excluding carboxylic acids is 2. The van der Waals surface area contributed by atoms with Gasteiger partial charge in [-0.3, -0.25) is 19.0 Å². The molecule has 0 unspecified atom stereocenters. The second-order valence-corrected chi connectivity index (χ2v) is 8.22. The fourth-order valence-corrected chi connectivity index (χ4v) is 4.27. The zero-order valence-electron chi connectivity index (χ0n) is 18.3. The van der Waals surface area contributed by atoms with E-state index in [0.29, 0.717) is 18.7 Å². The standard InChI is InChI=1S/C25H27N3O4/c1-16-12-25(31)28(22-9-4-3-8-21(16)22)15-24(30)27-19-7-5-6-18(13-19)23-14-20(10-11-32-23)26-17(2)29/h3-9,12-13,20,23H,10-11,14-15H2,1-2H3,(H,26,29)(H,27,30)/t20-,23+/m0/s1. The van der Waals surface area contributed by atoms with Crippen LogP contribution >= 0.6 is 0 Å². The fourth-order valence-electron chi connectivity index (χ4n) is 4.27. The molecule has 0 saturated carbocycles. The van der Waals surface area contributed by atoms with Gasteiger partial charge >= 0.3 is 0 Å². The monoisotopic (exact) mass is 433 g/mol. The number of para-hydroxylation sites is 1. The third kappa shape index (κ3) is 4.89. The Labute approximate surface area is 186 Å². The second kappa shape index (κ2) is 9.36. The van der Waals surface area contributed by atoms with Crippen LogP contribution in [0.15, 0.2) is 59.4 Å². The molecule has 0 aliphatic carbocycles. The number of pyridine rings is 1. The van der Waals surface area contributed by atoms with E-state index in [1.54, 1.807) is 6.07 Å². The second-order valence-electron chi connectivity index (χ2n) is 8.22. The van der Waals surface area contributed by atoms with E-state index in [1.165, 1.54) is 11.5 Å². The lowest BCUT2D eigenvalue weighted by atomic mass is 9.97. The molecule has 2 amide bonds. The minimum atomic E-state index is -0.279. The molecule has 0 spiro atoms. The minimum Gasteiger partial charge on any atom is -0.373 e. The molecule has 2 atom stereocenters. The number of amides is 2. The third-order valence-corrected chi connectivity index (χ3v) is 5.76. The molecule has 1 aliphatic rings. The SMILES string of the molecule is CC(=O)N[C@H]1CCO[C@@H](c2cccc(NC(=O)Cn3c(=O)cc(C)c4ccccc43)c2)C1. The Morgan fingerprint density at radius 2 is 1.94 bits per heavy atom. The van der Waals surface area contributed by atoms with Crippen molar-refractivity contribution in [2.75, 3.05) is 11.9 Å². The average molecular weight is 434 g/mol. The van der Waals surface area contributed by atoms with Gasteiger partial charge in [0.05, 0.1) is 11.6 Å². The highest BCUT2D eigenvalue weighted by molar-refractivity contribution is 5.92. The Bertz CT molecular complexity index is 1220. The molecule has 2 N–H and O–H groups in total. The quantitative estimate of drug-likeness (QED) is 0.646. The van der Waals surface area contributed by atoms with Crippen LogP contribution in [0.25, 0.3) is 10.9 Å². The van der Waals surface area contributed by atoms with Crippen molar-refractivity contribution in [3.05, 3.63) is 76.1 Å². The Balaban J connectivity index is 1.49. The summed E-state index contributed by atoms with van der Waals surface area (Å²) in [5.74, 6) is -0.325. The zero-order chi connectivity index (χ0) is 22.7. The van der Waals surface area contributed by atoms with Gasteiger partial charge < -0.3 is 15.4 Å². The van der Waals surface area contributed by atoms with Crippen LogP contribution in [0.1, 0.15) is 37.0 Å². The molecule has 1 saturated heterocycles. The number of aryl methyl sites for hydroxylation is 1. The third-order valence-electron chi connectivity index (χ3n) is 5.76. The molecule has 0 radical (unpaired) electrons. The van der Waals surface area contributed by atoms with Gasteiger partial charge in [0.1, 0.15) is 6.54 Å². The summed E-state index contributed by atoms with van der Waals surface area (Å²) in [5.41, 5.74) is 3.00. The van der Waals surface area contributed by atoms with E-state index < -0.39 is 0 Å². The van der Waals surface area contributed by atoms with Gasteiger partial charge in [-0.05, 0) is 49.1 Å². The average Bonchev–Trinajstić information content (AvgIpc) is 2.76. The van der Waals surface area contributed by atoms with E-state index in [1.807, 2.05) is 55.5 Å². The number of carbonyl (C=O) groups is 2. The van der Waals surface area contributed by atoms with Crippen LogP contribution < -0.4 is 16.2 Å². The number of anilines is 1. The van der Waals surface area contributed by atoms with Gasteiger partial charge in [0.25, 0.3) is 5.56 Å². The highest BCUT2D eigenvalue weighted by atomic mass is 16.5. The predicted octanol–water partition coefficient (Wildman–Crippen LogP) is 3.30. The number of hydrogen-bond acceptors (Lipinski definition) is 4. The van der Waals surface area contributed by atoms with Crippen molar-refractivity contribution in [3.8, 4) is 0 Å². The number of aromatic nitrogens is 1. The van der Waals surface area contributed by atoms with Gasteiger partial charge in [0, 0.05) is 36.7 Å². The highest BCUT2D eigenvalue weighted by Gasteiger charge is 2.24. The van der Waals surface area contributed by atoms with Gasteiger partial charge in [-0.15, -0.1) is 0 Å². The Morgan fingerprint density at radius 1 is 1.12 bits per heavy atom. The molecule has 1 fully saturated rings. The number of nitrogens with one attached hydrogen (secondary N) is 2. The molecule has 7 nitrogen and oxygen atoms in total. The molecule has 32 heavy (non-hydrogen) atoms. The van der Waals surface area contributed by atoms with Crippen molar-refractivity contribution < 1.29 is 14.3 Å². The van der Waals surface area contributed by atoms with Gasteiger partial charge in [-0.2, -0.15) is 0 Å². The molecule has 2 heterocycles. The van der Waals surface area contributed by atoms with Crippen LogP contribution in [-0.4, -0.2) is 29.0 Å². The first-order valence-electron chi connectivity index (χ1n) is 10.8. The molecule has 4 rings (SSSR count). The number of nitrogens with zero attached hydrogens (tertiary/aromatic N) is 1. The molecule has 0 bridgehead atoms. The fraction of sp³-hybridized carbons (Fsp3) is 0.320. The summed E-state index contributed by atoms with van der Waals surface area (Å²) in [6, 6.07) is 16.7. The van der Waals surface area contributed by atoms with Crippen LogP contribution in [0.3, 0.4) is 0 Å². The van der Waals surface area contributed by atoms with Crippen LogP contribution in [0.2, 0.25) is 0 Å². The Hall–Kier alpha value is -3.45. The maximum atomic E-state index is 12.8. The van der Waals surface area contributed by atoms with Crippen LogP contribution in [0.5, 0.6) is 0 Å². The number of ether oxygens (including phenoxy) is 1. The van der Waals surface area contributed by atoms with E-state index in [0.717, 1.165) is 28.5 Å². The van der Waals surface area contributed by atoms with E-state index in [9.17, 15) is 14.4 Å². The zero-order valence-corrected chi connectivity index (χ0v) is 18.3. The molecule has 1 aromatic heterocycles. The smallest absolute Gasteiger partial charge is 0.251 e. The lowest BCUT2D eigenvalue weighted by Crippen LogP contribution is -2.38. The molecule has 7 heteroatoms.